The van der Waals surface area contributed by atoms with Gasteiger partial charge in [0.15, 0.2) is 0 Å². The van der Waals surface area contributed by atoms with Crippen LogP contribution < -0.4 is 10.6 Å². The Morgan fingerprint density at radius 1 is 1.10 bits per heavy atom. The highest BCUT2D eigenvalue weighted by molar-refractivity contribution is 6.30. The first-order valence-corrected chi connectivity index (χ1v) is 10.7. The van der Waals surface area contributed by atoms with E-state index < -0.39 is 5.66 Å². The number of nitrogens with zero attached hydrogens (tertiary/aromatic N) is 1. The number of likely N-dealkylation sites (tertiary alicyclic amines) is 1. The highest BCUT2D eigenvalue weighted by Crippen LogP contribution is 2.42. The van der Waals surface area contributed by atoms with Gasteiger partial charge in [0.2, 0.25) is 5.91 Å². The molecule has 3 heterocycles. The van der Waals surface area contributed by atoms with Crippen LogP contribution in [0.15, 0.2) is 48.5 Å². The van der Waals surface area contributed by atoms with Gasteiger partial charge in [0, 0.05) is 30.2 Å². The monoisotopic (exact) mass is 425 g/mol. The normalized spacial score (nSPS) is 24.4. The summed E-state index contributed by atoms with van der Waals surface area (Å²) in [6.45, 7) is 1.73. The minimum absolute atomic E-state index is 0.0702. The fourth-order valence-corrected chi connectivity index (χ4v) is 5.08. The average Bonchev–Trinajstić information content (AvgIpc) is 3.05. The van der Waals surface area contributed by atoms with Crippen molar-refractivity contribution in [3.63, 3.8) is 0 Å². The van der Waals surface area contributed by atoms with Gasteiger partial charge in [0.05, 0.1) is 24.2 Å². The first-order valence-electron chi connectivity index (χ1n) is 10.3. The van der Waals surface area contributed by atoms with Crippen LogP contribution in [0, 0.1) is 0 Å². The van der Waals surface area contributed by atoms with Crippen molar-refractivity contribution in [2.45, 2.75) is 36.9 Å². The van der Waals surface area contributed by atoms with Crippen LogP contribution in [0.3, 0.4) is 0 Å². The summed E-state index contributed by atoms with van der Waals surface area (Å²) in [6.07, 6.45) is 2.56. The maximum Gasteiger partial charge on any atom is 0.255 e. The second-order valence-electron chi connectivity index (χ2n) is 8.54. The van der Waals surface area contributed by atoms with Gasteiger partial charge in [0.1, 0.15) is 5.66 Å². The number of hydrogen-bond donors (Lipinski definition) is 2. The summed E-state index contributed by atoms with van der Waals surface area (Å²) in [4.78, 5) is 27.2. The van der Waals surface area contributed by atoms with E-state index in [9.17, 15) is 9.59 Å². The molecule has 6 nitrogen and oxygen atoms in total. The number of hydrogen-bond acceptors (Lipinski definition) is 4. The van der Waals surface area contributed by atoms with E-state index in [1.165, 1.54) is 0 Å². The lowest BCUT2D eigenvalue weighted by molar-refractivity contribution is -0.135. The molecule has 1 unspecified atom stereocenters. The predicted molar refractivity (Wildman–Crippen MR) is 115 cm³/mol. The van der Waals surface area contributed by atoms with Crippen LogP contribution in [0.4, 0.5) is 5.69 Å². The van der Waals surface area contributed by atoms with E-state index in [1.807, 2.05) is 53.4 Å². The van der Waals surface area contributed by atoms with E-state index in [4.69, 9.17) is 16.3 Å². The Balaban J connectivity index is 1.23. The lowest BCUT2D eigenvalue weighted by atomic mass is 9.84. The summed E-state index contributed by atoms with van der Waals surface area (Å²) in [5.41, 5.74) is 1.52. The Kier molecular flexibility index (Phi) is 4.71. The lowest BCUT2D eigenvalue weighted by Gasteiger charge is -2.41. The highest BCUT2D eigenvalue weighted by Gasteiger charge is 2.53. The number of rotatable bonds is 2. The van der Waals surface area contributed by atoms with Crippen molar-refractivity contribution in [1.82, 2.24) is 10.2 Å². The number of halogens is 1. The number of ether oxygens (including phenoxy) is 1. The zero-order chi connectivity index (χ0) is 20.8. The number of para-hydroxylation sites is 1. The van der Waals surface area contributed by atoms with Crippen molar-refractivity contribution in [2.24, 2.45) is 0 Å². The van der Waals surface area contributed by atoms with E-state index in [0.29, 0.717) is 43.1 Å². The number of nitrogens with one attached hydrogen (secondary N) is 2. The second-order valence-corrected chi connectivity index (χ2v) is 8.98. The summed E-state index contributed by atoms with van der Waals surface area (Å²) in [6, 6.07) is 15.0. The standard InChI is InChI=1S/C23H24ClN3O3/c24-17-5-3-4-16(12-17)13-20(28)27-10-8-22(9-11-27)14-23(15-30-22)25-19-7-2-1-6-18(19)21(29)26-23/h1-7,12,25H,8-11,13-15H2,(H,26,29). The van der Waals surface area contributed by atoms with Crippen LogP contribution in [-0.4, -0.2) is 47.7 Å². The van der Waals surface area contributed by atoms with Crippen LogP contribution in [0.25, 0.3) is 0 Å². The summed E-state index contributed by atoms with van der Waals surface area (Å²) in [5, 5.41) is 7.26. The van der Waals surface area contributed by atoms with Gasteiger partial charge < -0.3 is 20.3 Å². The molecule has 0 aliphatic carbocycles. The molecule has 0 bridgehead atoms. The molecule has 2 spiro atoms. The third-order valence-corrected chi connectivity index (χ3v) is 6.65. The molecule has 2 N–H and O–H groups in total. The molecule has 2 saturated heterocycles. The molecule has 30 heavy (non-hydrogen) atoms. The first-order chi connectivity index (χ1) is 14.5. The van der Waals surface area contributed by atoms with Crippen molar-refractivity contribution < 1.29 is 14.3 Å². The number of benzene rings is 2. The molecule has 7 heteroatoms. The third kappa shape index (κ3) is 3.55. The van der Waals surface area contributed by atoms with Gasteiger partial charge >= 0.3 is 0 Å². The maximum atomic E-state index is 12.7. The van der Waals surface area contributed by atoms with Gasteiger partial charge in [0.25, 0.3) is 5.91 Å². The molecular weight excluding hydrogens is 402 g/mol. The zero-order valence-corrected chi connectivity index (χ0v) is 17.4. The van der Waals surface area contributed by atoms with E-state index in [2.05, 4.69) is 10.6 Å². The van der Waals surface area contributed by atoms with E-state index in [1.54, 1.807) is 0 Å². The number of carbonyl (C=O) groups excluding carboxylic acids is 2. The van der Waals surface area contributed by atoms with Crippen LogP contribution in [0.5, 0.6) is 0 Å². The highest BCUT2D eigenvalue weighted by atomic mass is 35.5. The SMILES string of the molecule is O=C1NC2(COC3(CCN(C(=O)Cc4cccc(Cl)c4)CC3)C2)Nc2ccccc21. The predicted octanol–water partition coefficient (Wildman–Crippen LogP) is 3.22. The van der Waals surface area contributed by atoms with Crippen LogP contribution in [0.2, 0.25) is 5.02 Å². The van der Waals surface area contributed by atoms with Crippen molar-refractivity contribution in [3.8, 4) is 0 Å². The van der Waals surface area contributed by atoms with Gasteiger partial charge in [-0.3, -0.25) is 9.59 Å². The Hall–Kier alpha value is -2.57. The molecule has 2 fully saturated rings. The van der Waals surface area contributed by atoms with E-state index in [0.717, 1.165) is 24.1 Å². The second kappa shape index (κ2) is 7.29. The lowest BCUT2D eigenvalue weighted by Crippen LogP contribution is -2.59. The van der Waals surface area contributed by atoms with Crippen LogP contribution >= 0.6 is 11.6 Å². The smallest absolute Gasteiger partial charge is 0.255 e. The molecule has 0 saturated carbocycles. The van der Waals surface area contributed by atoms with Crippen molar-refractivity contribution in [2.75, 3.05) is 25.0 Å². The number of carbonyl (C=O) groups is 2. The topological polar surface area (TPSA) is 70.7 Å². The molecule has 5 rings (SSSR count). The molecule has 156 valence electrons. The number of anilines is 1. The molecular formula is C23H24ClN3O3. The quantitative estimate of drug-likeness (QED) is 0.775. The van der Waals surface area contributed by atoms with Gasteiger partial charge in [-0.15, -0.1) is 0 Å². The molecule has 3 aliphatic heterocycles. The number of amides is 2. The molecule has 0 aromatic heterocycles. The molecule has 2 amide bonds. The summed E-state index contributed by atoms with van der Waals surface area (Å²) >= 11 is 6.03. The van der Waals surface area contributed by atoms with E-state index >= 15 is 0 Å². The van der Waals surface area contributed by atoms with Gasteiger partial charge in [-0.2, -0.15) is 0 Å². The number of piperidine rings is 1. The Bertz CT molecular complexity index is 1000. The zero-order valence-electron chi connectivity index (χ0n) is 16.6. The molecule has 2 aromatic rings. The largest absolute Gasteiger partial charge is 0.370 e. The Labute approximate surface area is 180 Å². The summed E-state index contributed by atoms with van der Waals surface area (Å²) in [7, 11) is 0. The average molecular weight is 426 g/mol. The summed E-state index contributed by atoms with van der Waals surface area (Å²) < 4.78 is 6.27. The van der Waals surface area contributed by atoms with Gasteiger partial charge in [-0.25, -0.2) is 0 Å². The first kappa shape index (κ1) is 19.4. The molecule has 0 radical (unpaired) electrons. The fourth-order valence-electron chi connectivity index (χ4n) is 4.87. The molecule has 1 atom stereocenters. The van der Waals surface area contributed by atoms with Crippen molar-refractivity contribution in [3.05, 3.63) is 64.7 Å². The summed E-state index contributed by atoms with van der Waals surface area (Å²) in [5.74, 6) is 0.0389. The Morgan fingerprint density at radius 3 is 2.70 bits per heavy atom. The fraction of sp³-hybridized carbons (Fsp3) is 0.391. The Morgan fingerprint density at radius 2 is 1.90 bits per heavy atom. The maximum absolute atomic E-state index is 12.7. The van der Waals surface area contributed by atoms with E-state index in [-0.39, 0.29) is 17.4 Å². The number of fused-ring (bicyclic) bond motifs is 1. The van der Waals surface area contributed by atoms with Crippen molar-refractivity contribution in [1.29, 1.82) is 0 Å². The minimum Gasteiger partial charge on any atom is -0.370 e. The van der Waals surface area contributed by atoms with Crippen molar-refractivity contribution >= 4 is 29.1 Å². The van der Waals surface area contributed by atoms with Gasteiger partial charge in [-0.1, -0.05) is 35.9 Å². The third-order valence-electron chi connectivity index (χ3n) is 6.42. The van der Waals surface area contributed by atoms with Gasteiger partial charge in [-0.05, 0) is 42.7 Å². The minimum atomic E-state index is -0.585. The van der Waals surface area contributed by atoms with Crippen LogP contribution in [0.1, 0.15) is 35.2 Å². The molecule has 2 aromatic carbocycles. The molecule has 3 aliphatic rings. The van der Waals surface area contributed by atoms with Crippen LogP contribution in [-0.2, 0) is 16.0 Å².